The first-order valence-electron chi connectivity index (χ1n) is 6.13. The molecule has 1 aromatic carbocycles. The van der Waals surface area contributed by atoms with Gasteiger partial charge in [-0.1, -0.05) is 25.1 Å². The van der Waals surface area contributed by atoms with Gasteiger partial charge in [-0.25, -0.2) is 0 Å². The summed E-state index contributed by atoms with van der Waals surface area (Å²) in [6.45, 7) is 4.97. The Hall–Kier alpha value is -1.57. The average Bonchev–Trinajstić information content (AvgIpc) is 2.39. The summed E-state index contributed by atoms with van der Waals surface area (Å²) in [6.07, 6.45) is 0.594. The van der Waals surface area contributed by atoms with Crippen molar-refractivity contribution in [1.82, 2.24) is 5.32 Å². The van der Waals surface area contributed by atoms with Gasteiger partial charge in [-0.05, 0) is 19.5 Å². The van der Waals surface area contributed by atoms with Gasteiger partial charge in [-0.15, -0.1) is 0 Å². The van der Waals surface area contributed by atoms with Gasteiger partial charge >= 0.3 is 0 Å². The van der Waals surface area contributed by atoms with Crippen LogP contribution in [0.2, 0.25) is 0 Å². The van der Waals surface area contributed by atoms with Gasteiger partial charge in [0, 0.05) is 12.0 Å². The van der Waals surface area contributed by atoms with Gasteiger partial charge in [0.15, 0.2) is 0 Å². The topological polar surface area (TPSA) is 65.3 Å². The predicted molar refractivity (Wildman–Crippen MR) is 70.2 cm³/mol. The lowest BCUT2D eigenvalue weighted by Gasteiger charge is -2.22. The van der Waals surface area contributed by atoms with Crippen LogP contribution in [0.4, 0.5) is 0 Å². The van der Waals surface area contributed by atoms with E-state index in [1.54, 1.807) is 0 Å². The van der Waals surface area contributed by atoms with Crippen LogP contribution in [-0.4, -0.2) is 23.8 Å². The van der Waals surface area contributed by atoms with E-state index in [0.29, 0.717) is 18.8 Å². The number of hydrogen-bond donors (Lipinski definition) is 2. The van der Waals surface area contributed by atoms with E-state index >= 15 is 0 Å². The number of nitrogens with one attached hydrogen (secondary N) is 1. The molecule has 2 N–H and O–H groups in total. The number of benzene rings is 1. The summed E-state index contributed by atoms with van der Waals surface area (Å²) in [6, 6.07) is 9.62. The van der Waals surface area contributed by atoms with Crippen LogP contribution in [0.1, 0.15) is 25.8 Å². The minimum Gasteiger partial charge on any atom is -0.493 e. The first-order chi connectivity index (χ1) is 8.65. The molecule has 1 unspecified atom stereocenters. The highest BCUT2D eigenvalue weighted by atomic mass is 16.5. The highest BCUT2D eigenvalue weighted by Crippen LogP contribution is 2.19. The maximum atomic E-state index is 9.16. The second kappa shape index (κ2) is 7.00. The van der Waals surface area contributed by atoms with E-state index in [-0.39, 0.29) is 6.61 Å². The Morgan fingerprint density at radius 3 is 2.78 bits per heavy atom. The van der Waals surface area contributed by atoms with Crippen LogP contribution >= 0.6 is 0 Å². The molecule has 0 saturated heterocycles. The van der Waals surface area contributed by atoms with Crippen molar-refractivity contribution in [3.8, 4) is 11.8 Å². The van der Waals surface area contributed by atoms with Crippen molar-refractivity contribution in [2.45, 2.75) is 32.4 Å². The number of ether oxygens (including phenoxy) is 1. The predicted octanol–water partition coefficient (Wildman–Crippen LogP) is 1.84. The maximum Gasteiger partial charge on any atom is 0.124 e. The number of para-hydroxylation sites is 1. The first-order valence-corrected chi connectivity index (χ1v) is 6.13. The number of rotatable bonds is 7. The van der Waals surface area contributed by atoms with Crippen LogP contribution in [0.25, 0.3) is 0 Å². The molecule has 0 aromatic heterocycles. The molecule has 4 nitrogen and oxygen atoms in total. The van der Waals surface area contributed by atoms with Crippen LogP contribution in [0.5, 0.6) is 5.75 Å². The van der Waals surface area contributed by atoms with Crippen molar-refractivity contribution in [1.29, 1.82) is 5.26 Å². The summed E-state index contributed by atoms with van der Waals surface area (Å²) in [5.41, 5.74) is 0.197. The SMILES string of the molecule is CCNC(C)(C#N)CCOc1ccccc1CO. The molecular formula is C14H20N2O2. The normalized spacial score (nSPS) is 13.7. The fourth-order valence-electron chi connectivity index (χ4n) is 1.71. The zero-order chi connectivity index (χ0) is 13.4. The summed E-state index contributed by atoms with van der Waals surface area (Å²) in [5.74, 6) is 0.678. The fourth-order valence-corrected chi connectivity index (χ4v) is 1.71. The van der Waals surface area contributed by atoms with Crippen LogP contribution < -0.4 is 10.1 Å². The molecule has 0 radical (unpaired) electrons. The maximum absolute atomic E-state index is 9.16. The van der Waals surface area contributed by atoms with Gasteiger partial charge in [-0.2, -0.15) is 5.26 Å². The Morgan fingerprint density at radius 2 is 2.17 bits per heavy atom. The van der Waals surface area contributed by atoms with Crippen molar-refractivity contribution >= 4 is 0 Å². The summed E-state index contributed by atoms with van der Waals surface area (Å²) >= 11 is 0. The van der Waals surface area contributed by atoms with E-state index in [4.69, 9.17) is 15.1 Å². The third-order valence-electron chi connectivity index (χ3n) is 2.82. The molecule has 0 bridgehead atoms. The van der Waals surface area contributed by atoms with Crippen molar-refractivity contribution in [2.24, 2.45) is 0 Å². The number of aliphatic hydroxyl groups is 1. The third kappa shape index (κ3) is 4.02. The average molecular weight is 248 g/mol. The lowest BCUT2D eigenvalue weighted by molar-refractivity contribution is 0.247. The molecule has 1 aromatic rings. The van der Waals surface area contributed by atoms with Crippen LogP contribution in [0.15, 0.2) is 24.3 Å². The summed E-state index contributed by atoms with van der Waals surface area (Å²) in [5, 5.41) is 21.4. The van der Waals surface area contributed by atoms with Gasteiger partial charge < -0.3 is 9.84 Å². The first kappa shape index (κ1) is 14.5. The zero-order valence-electron chi connectivity index (χ0n) is 10.9. The molecule has 0 amide bonds. The monoisotopic (exact) mass is 248 g/mol. The smallest absolute Gasteiger partial charge is 0.124 e. The van der Waals surface area contributed by atoms with E-state index in [2.05, 4.69) is 11.4 Å². The molecule has 0 fully saturated rings. The van der Waals surface area contributed by atoms with Crippen molar-refractivity contribution in [3.05, 3.63) is 29.8 Å². The third-order valence-corrected chi connectivity index (χ3v) is 2.82. The largest absolute Gasteiger partial charge is 0.493 e. The van der Waals surface area contributed by atoms with Gasteiger partial charge in [0.25, 0.3) is 0 Å². The quantitative estimate of drug-likeness (QED) is 0.772. The van der Waals surface area contributed by atoms with Crippen molar-refractivity contribution < 1.29 is 9.84 Å². The van der Waals surface area contributed by atoms with E-state index < -0.39 is 5.54 Å². The van der Waals surface area contributed by atoms with Crippen molar-refractivity contribution in [3.63, 3.8) is 0 Å². The second-order valence-corrected chi connectivity index (χ2v) is 4.34. The number of aliphatic hydroxyl groups excluding tert-OH is 1. The molecular weight excluding hydrogens is 228 g/mol. The summed E-state index contributed by atoms with van der Waals surface area (Å²) < 4.78 is 5.62. The lowest BCUT2D eigenvalue weighted by atomic mass is 10.0. The molecule has 0 spiro atoms. The molecule has 98 valence electrons. The van der Waals surface area contributed by atoms with E-state index in [1.165, 1.54) is 0 Å². The summed E-state index contributed by atoms with van der Waals surface area (Å²) in [7, 11) is 0. The summed E-state index contributed by atoms with van der Waals surface area (Å²) in [4.78, 5) is 0. The Balaban J connectivity index is 2.53. The standard InChI is InChI=1S/C14H20N2O2/c1-3-16-14(2,11-15)8-9-18-13-7-5-4-6-12(13)10-17/h4-7,16-17H,3,8-10H2,1-2H3. The molecule has 4 heteroatoms. The van der Waals surface area contributed by atoms with Gasteiger partial charge in [-0.3, -0.25) is 5.32 Å². The van der Waals surface area contributed by atoms with Gasteiger partial charge in [0.1, 0.15) is 11.3 Å². The van der Waals surface area contributed by atoms with Crippen LogP contribution in [0.3, 0.4) is 0 Å². The highest BCUT2D eigenvalue weighted by molar-refractivity contribution is 5.32. The molecule has 0 aliphatic heterocycles. The van der Waals surface area contributed by atoms with Crippen LogP contribution in [0, 0.1) is 11.3 Å². The highest BCUT2D eigenvalue weighted by Gasteiger charge is 2.22. The zero-order valence-corrected chi connectivity index (χ0v) is 10.9. The number of nitrogens with zero attached hydrogens (tertiary/aromatic N) is 1. The van der Waals surface area contributed by atoms with E-state index in [1.807, 2.05) is 38.1 Å². The molecule has 0 saturated carbocycles. The Morgan fingerprint density at radius 1 is 1.44 bits per heavy atom. The minimum atomic E-state index is -0.567. The number of hydrogen-bond acceptors (Lipinski definition) is 4. The van der Waals surface area contributed by atoms with E-state index in [9.17, 15) is 0 Å². The Labute approximate surface area is 108 Å². The molecule has 0 aliphatic rings. The van der Waals surface area contributed by atoms with Crippen LogP contribution in [-0.2, 0) is 6.61 Å². The molecule has 0 aliphatic carbocycles. The number of nitriles is 1. The van der Waals surface area contributed by atoms with Gasteiger partial charge in [0.05, 0.1) is 19.3 Å². The molecule has 1 atom stereocenters. The van der Waals surface area contributed by atoms with Gasteiger partial charge in [0.2, 0.25) is 0 Å². The fraction of sp³-hybridized carbons (Fsp3) is 0.500. The van der Waals surface area contributed by atoms with Crippen molar-refractivity contribution in [2.75, 3.05) is 13.2 Å². The Bertz CT molecular complexity index is 415. The Kier molecular flexibility index (Phi) is 5.63. The van der Waals surface area contributed by atoms with E-state index in [0.717, 1.165) is 12.1 Å². The molecule has 0 heterocycles. The second-order valence-electron chi connectivity index (χ2n) is 4.34. The minimum absolute atomic E-state index is 0.0428. The lowest BCUT2D eigenvalue weighted by Crippen LogP contribution is -2.42. The molecule has 1 rings (SSSR count). The molecule has 18 heavy (non-hydrogen) atoms.